The average Bonchev–Trinajstić information content (AvgIpc) is 2.58. The number of carboxylic acid groups (broad SMARTS) is 1. The molecule has 2 N–H and O–H groups in total. The van der Waals surface area contributed by atoms with Gasteiger partial charge in [-0.25, -0.2) is 0 Å². The average molecular weight is 242 g/mol. The zero-order valence-electron chi connectivity index (χ0n) is 10.6. The zero-order chi connectivity index (χ0) is 12.5. The molecular weight excluding hydrogens is 220 g/mol. The second-order valence-corrected chi connectivity index (χ2v) is 5.32. The van der Waals surface area contributed by atoms with Crippen LogP contribution in [0.2, 0.25) is 0 Å². The fraction of sp³-hybridized carbons (Fsp3) is 0.917. The fourth-order valence-electron chi connectivity index (χ4n) is 2.86. The largest absolute Gasteiger partial charge is 0.480 e. The van der Waals surface area contributed by atoms with Gasteiger partial charge in [-0.05, 0) is 26.3 Å². The van der Waals surface area contributed by atoms with Crippen LogP contribution in [0.5, 0.6) is 0 Å². The smallest absolute Gasteiger partial charge is 0.324 e. The van der Waals surface area contributed by atoms with Gasteiger partial charge >= 0.3 is 5.97 Å². The van der Waals surface area contributed by atoms with E-state index in [0.717, 1.165) is 25.9 Å². The van der Waals surface area contributed by atoms with E-state index in [9.17, 15) is 9.90 Å². The van der Waals surface area contributed by atoms with E-state index in [1.165, 1.54) is 0 Å². The summed E-state index contributed by atoms with van der Waals surface area (Å²) in [5.74, 6) is -0.779. The van der Waals surface area contributed by atoms with Gasteiger partial charge in [-0.3, -0.25) is 9.69 Å². The molecule has 2 aliphatic rings. The molecule has 0 radical (unpaired) electrons. The van der Waals surface area contributed by atoms with E-state index < -0.39 is 11.5 Å². The molecule has 5 heteroatoms. The highest BCUT2D eigenvalue weighted by Gasteiger charge is 2.39. The van der Waals surface area contributed by atoms with Gasteiger partial charge in [0, 0.05) is 19.6 Å². The number of rotatable bonds is 5. The molecule has 0 spiro atoms. The lowest BCUT2D eigenvalue weighted by molar-refractivity contribution is -0.146. The maximum absolute atomic E-state index is 11.3. The van der Waals surface area contributed by atoms with Crippen LogP contribution in [-0.2, 0) is 9.53 Å². The summed E-state index contributed by atoms with van der Waals surface area (Å²) in [6.07, 6.45) is 2.86. The third-order valence-electron chi connectivity index (χ3n) is 3.70. The maximum Gasteiger partial charge on any atom is 0.324 e. The molecule has 98 valence electrons. The van der Waals surface area contributed by atoms with Gasteiger partial charge in [0.1, 0.15) is 5.54 Å². The van der Waals surface area contributed by atoms with E-state index in [0.29, 0.717) is 25.3 Å². The Kier molecular flexibility index (Phi) is 3.70. The minimum atomic E-state index is -0.856. The molecule has 3 atom stereocenters. The SMILES string of the molecule is CCNC(C)(CN1CC2CCC(C1)O2)C(=O)O. The molecule has 5 nitrogen and oxygen atoms in total. The zero-order valence-corrected chi connectivity index (χ0v) is 10.6. The van der Waals surface area contributed by atoms with Crippen molar-refractivity contribution in [1.29, 1.82) is 0 Å². The predicted octanol–water partition coefficient (Wildman–Crippen LogP) is 0.302. The van der Waals surface area contributed by atoms with E-state index in [-0.39, 0.29) is 0 Å². The highest BCUT2D eigenvalue weighted by Crippen LogP contribution is 2.27. The summed E-state index contributed by atoms with van der Waals surface area (Å²) in [6, 6.07) is 0. The van der Waals surface area contributed by atoms with Crippen molar-refractivity contribution >= 4 is 5.97 Å². The molecule has 2 rings (SSSR count). The predicted molar refractivity (Wildman–Crippen MR) is 64.1 cm³/mol. The minimum absolute atomic E-state index is 0.313. The summed E-state index contributed by atoms with van der Waals surface area (Å²) >= 11 is 0. The molecule has 0 aromatic heterocycles. The Labute approximate surface area is 102 Å². The first-order valence-corrected chi connectivity index (χ1v) is 6.40. The van der Waals surface area contributed by atoms with Gasteiger partial charge in [-0.2, -0.15) is 0 Å². The minimum Gasteiger partial charge on any atom is -0.480 e. The number of hydrogen-bond donors (Lipinski definition) is 2. The van der Waals surface area contributed by atoms with E-state index in [1.54, 1.807) is 6.92 Å². The third-order valence-corrected chi connectivity index (χ3v) is 3.70. The quantitative estimate of drug-likeness (QED) is 0.726. The van der Waals surface area contributed by atoms with Gasteiger partial charge < -0.3 is 15.2 Å². The molecule has 0 amide bonds. The Hall–Kier alpha value is -0.650. The lowest BCUT2D eigenvalue weighted by Crippen LogP contribution is -2.59. The lowest BCUT2D eigenvalue weighted by Gasteiger charge is -2.37. The highest BCUT2D eigenvalue weighted by molar-refractivity contribution is 5.78. The number of likely N-dealkylation sites (tertiary alicyclic amines) is 1. The first-order valence-electron chi connectivity index (χ1n) is 6.40. The molecule has 0 aromatic rings. The Morgan fingerprint density at radius 3 is 2.53 bits per heavy atom. The monoisotopic (exact) mass is 242 g/mol. The van der Waals surface area contributed by atoms with Crippen LogP contribution in [0.4, 0.5) is 0 Å². The molecular formula is C12H22N2O3. The van der Waals surface area contributed by atoms with Crippen LogP contribution < -0.4 is 5.32 Å². The summed E-state index contributed by atoms with van der Waals surface area (Å²) in [5, 5.41) is 12.4. The molecule has 17 heavy (non-hydrogen) atoms. The Morgan fingerprint density at radius 2 is 2.06 bits per heavy atom. The summed E-state index contributed by atoms with van der Waals surface area (Å²) in [4.78, 5) is 13.6. The number of fused-ring (bicyclic) bond motifs is 2. The van der Waals surface area contributed by atoms with Crippen molar-refractivity contribution in [3.63, 3.8) is 0 Å². The van der Waals surface area contributed by atoms with Gasteiger partial charge in [0.2, 0.25) is 0 Å². The molecule has 3 unspecified atom stereocenters. The van der Waals surface area contributed by atoms with Crippen LogP contribution in [0.1, 0.15) is 26.7 Å². The second-order valence-electron chi connectivity index (χ2n) is 5.32. The van der Waals surface area contributed by atoms with Crippen molar-refractivity contribution in [3.05, 3.63) is 0 Å². The number of carbonyl (C=O) groups is 1. The first-order chi connectivity index (χ1) is 8.03. The number of nitrogens with one attached hydrogen (secondary N) is 1. The van der Waals surface area contributed by atoms with Gasteiger partial charge in [0.05, 0.1) is 12.2 Å². The number of morpholine rings is 1. The summed E-state index contributed by atoms with van der Waals surface area (Å²) in [6.45, 7) is 6.64. The molecule has 2 saturated heterocycles. The van der Waals surface area contributed by atoms with Crippen molar-refractivity contribution in [2.45, 2.75) is 44.4 Å². The van der Waals surface area contributed by atoms with Gasteiger partial charge in [-0.15, -0.1) is 0 Å². The molecule has 2 bridgehead atoms. The standard InChI is InChI=1S/C12H22N2O3/c1-3-13-12(2,11(15)16)8-14-6-9-4-5-10(7-14)17-9/h9-10,13H,3-8H2,1-2H3,(H,15,16). The number of nitrogens with zero attached hydrogens (tertiary/aromatic N) is 1. The van der Waals surface area contributed by atoms with Crippen molar-refractivity contribution in [2.75, 3.05) is 26.2 Å². The van der Waals surface area contributed by atoms with Crippen molar-refractivity contribution in [2.24, 2.45) is 0 Å². The maximum atomic E-state index is 11.3. The fourth-order valence-corrected chi connectivity index (χ4v) is 2.86. The number of carboxylic acids is 1. The number of aliphatic carboxylic acids is 1. The third kappa shape index (κ3) is 2.78. The molecule has 2 aliphatic heterocycles. The molecule has 0 aromatic carbocycles. The lowest BCUT2D eigenvalue weighted by atomic mass is 10.0. The van der Waals surface area contributed by atoms with E-state index in [1.807, 2.05) is 6.92 Å². The Morgan fingerprint density at radius 1 is 1.47 bits per heavy atom. The molecule has 0 saturated carbocycles. The van der Waals surface area contributed by atoms with Crippen LogP contribution >= 0.6 is 0 Å². The van der Waals surface area contributed by atoms with Crippen LogP contribution in [0, 0.1) is 0 Å². The van der Waals surface area contributed by atoms with E-state index in [4.69, 9.17) is 4.74 Å². The Balaban J connectivity index is 1.96. The number of hydrogen-bond acceptors (Lipinski definition) is 4. The van der Waals surface area contributed by atoms with Crippen LogP contribution in [0.25, 0.3) is 0 Å². The number of ether oxygens (including phenoxy) is 1. The molecule has 0 aliphatic carbocycles. The van der Waals surface area contributed by atoms with Crippen LogP contribution in [-0.4, -0.2) is 59.9 Å². The first kappa shape index (κ1) is 12.8. The van der Waals surface area contributed by atoms with Crippen molar-refractivity contribution in [1.82, 2.24) is 10.2 Å². The van der Waals surface area contributed by atoms with Crippen molar-refractivity contribution < 1.29 is 14.6 Å². The second kappa shape index (κ2) is 4.92. The normalized spacial score (nSPS) is 32.4. The topological polar surface area (TPSA) is 61.8 Å². The Bertz CT molecular complexity index is 285. The van der Waals surface area contributed by atoms with E-state index >= 15 is 0 Å². The summed E-state index contributed by atoms with van der Waals surface area (Å²) < 4.78 is 5.75. The van der Waals surface area contributed by atoms with Gasteiger partial charge in [0.15, 0.2) is 0 Å². The number of likely N-dealkylation sites (N-methyl/N-ethyl adjacent to an activating group) is 1. The highest BCUT2D eigenvalue weighted by atomic mass is 16.5. The summed E-state index contributed by atoms with van der Waals surface area (Å²) in [5.41, 5.74) is -0.856. The van der Waals surface area contributed by atoms with Crippen LogP contribution in [0.15, 0.2) is 0 Å². The van der Waals surface area contributed by atoms with Gasteiger partial charge in [-0.1, -0.05) is 6.92 Å². The summed E-state index contributed by atoms with van der Waals surface area (Å²) in [7, 11) is 0. The van der Waals surface area contributed by atoms with E-state index in [2.05, 4.69) is 10.2 Å². The van der Waals surface area contributed by atoms with Crippen molar-refractivity contribution in [3.8, 4) is 0 Å². The van der Waals surface area contributed by atoms with Gasteiger partial charge in [0.25, 0.3) is 0 Å². The molecule has 2 fully saturated rings. The molecule has 2 heterocycles. The van der Waals surface area contributed by atoms with Crippen LogP contribution in [0.3, 0.4) is 0 Å².